The monoisotopic (exact) mass is 485 g/mol. The smallest absolute Gasteiger partial charge is 0.370 e. The molecule has 1 unspecified atom stereocenters. The van der Waals surface area contributed by atoms with Crippen molar-refractivity contribution in [2.45, 2.75) is 82.6 Å². The second kappa shape index (κ2) is 7.32. The first-order chi connectivity index (χ1) is 16.5. The zero-order valence-corrected chi connectivity index (χ0v) is 19.7. The molecule has 0 radical (unpaired) electrons. The van der Waals surface area contributed by atoms with Crippen LogP contribution in [0, 0.1) is 19.3 Å². The van der Waals surface area contributed by atoms with Gasteiger partial charge in [0.2, 0.25) is 5.56 Å². The summed E-state index contributed by atoms with van der Waals surface area (Å²) < 4.78 is 46.9. The number of halogens is 3. The van der Waals surface area contributed by atoms with E-state index in [4.69, 9.17) is 14.7 Å². The lowest BCUT2D eigenvalue weighted by molar-refractivity contribution is -0.337. The van der Waals surface area contributed by atoms with Gasteiger partial charge in [0.15, 0.2) is 5.65 Å². The molecule has 1 saturated heterocycles. The summed E-state index contributed by atoms with van der Waals surface area (Å²) in [7, 11) is 0. The molecule has 35 heavy (non-hydrogen) atoms. The highest BCUT2D eigenvalue weighted by molar-refractivity contribution is 5.75. The summed E-state index contributed by atoms with van der Waals surface area (Å²) in [5.74, 6) is 0.520. The van der Waals surface area contributed by atoms with Crippen molar-refractivity contribution in [3.05, 3.63) is 57.2 Å². The lowest BCUT2D eigenvalue weighted by atomic mass is 9.34. The van der Waals surface area contributed by atoms with Crippen LogP contribution in [0.4, 0.5) is 13.2 Å². The summed E-state index contributed by atoms with van der Waals surface area (Å²) in [6.45, 7) is 5.67. The number of hydrogen-bond acceptors (Lipinski definition) is 6. The SMILES string of the molecule is Cc1nc2nc(C3C[C@@H](C)O[C@@H](c4ccc(=O)[nH]c4)C3)nc(C34CC(C(F)(F)F)(C3)C4)c2nc1C. The summed E-state index contributed by atoms with van der Waals surface area (Å²) in [6, 6.07) is 3.22. The summed E-state index contributed by atoms with van der Waals surface area (Å²) >= 11 is 0. The number of nitrogens with zero attached hydrogens (tertiary/aromatic N) is 4. The van der Waals surface area contributed by atoms with Crippen LogP contribution in [0.2, 0.25) is 0 Å². The molecule has 0 aromatic carbocycles. The molecule has 0 amide bonds. The third-order valence-electron chi connectivity index (χ3n) is 8.15. The number of aryl methyl sites for hydroxylation is 2. The van der Waals surface area contributed by atoms with Crippen LogP contribution in [0.5, 0.6) is 0 Å². The number of rotatable bonds is 3. The fourth-order valence-electron chi connectivity index (χ4n) is 6.22. The van der Waals surface area contributed by atoms with Gasteiger partial charge in [0.25, 0.3) is 0 Å². The van der Waals surface area contributed by atoms with E-state index in [9.17, 15) is 18.0 Å². The van der Waals surface area contributed by atoms with Crippen LogP contribution >= 0.6 is 0 Å². The molecule has 3 aromatic heterocycles. The van der Waals surface area contributed by atoms with Crippen LogP contribution in [-0.2, 0) is 10.2 Å². The second-order valence-corrected chi connectivity index (χ2v) is 10.7. The van der Waals surface area contributed by atoms with Gasteiger partial charge >= 0.3 is 6.18 Å². The molecule has 3 aromatic rings. The summed E-state index contributed by atoms with van der Waals surface area (Å²) in [5.41, 5.74) is 1.52. The normalized spacial score (nSPS) is 32.2. The highest BCUT2D eigenvalue weighted by Gasteiger charge is 2.79. The fraction of sp³-hybridized carbons (Fsp3) is 0.560. The Labute approximate surface area is 199 Å². The van der Waals surface area contributed by atoms with Gasteiger partial charge < -0.3 is 9.72 Å². The first kappa shape index (κ1) is 22.6. The van der Waals surface area contributed by atoms with Gasteiger partial charge in [-0.15, -0.1) is 0 Å². The van der Waals surface area contributed by atoms with Gasteiger partial charge in [0.05, 0.1) is 34.7 Å². The Morgan fingerprint density at radius 3 is 2.40 bits per heavy atom. The standard InChI is InChI=1S/C25H26F3N5O2/c1-12-6-16(7-17(35-12)15-4-5-18(34)29-8-15)21-32-20(19-22(33-21)31-14(3)13(2)30-19)23-9-24(10-23,11-23)25(26,27)28/h4-5,8,12,16-17H,6-7,9-11H2,1-3H3,(H,29,34)/t12-,16?,17-,23?,24?/m1/s1. The molecule has 3 saturated carbocycles. The first-order valence-corrected chi connectivity index (χ1v) is 11.9. The molecule has 0 spiro atoms. The minimum absolute atomic E-state index is 0.0494. The molecule has 4 aliphatic rings. The second-order valence-electron chi connectivity index (χ2n) is 10.7. The Kier molecular flexibility index (Phi) is 4.72. The molecule has 184 valence electrons. The van der Waals surface area contributed by atoms with Crippen LogP contribution < -0.4 is 5.56 Å². The minimum atomic E-state index is -4.20. The first-order valence-electron chi connectivity index (χ1n) is 11.9. The van der Waals surface area contributed by atoms with Crippen molar-refractivity contribution in [1.29, 1.82) is 0 Å². The average molecular weight is 486 g/mol. The maximum atomic E-state index is 13.6. The Morgan fingerprint density at radius 1 is 1.03 bits per heavy atom. The lowest BCUT2D eigenvalue weighted by Gasteiger charge is -2.70. The predicted molar refractivity (Wildman–Crippen MR) is 121 cm³/mol. The van der Waals surface area contributed by atoms with Crippen LogP contribution in [0.15, 0.2) is 23.1 Å². The zero-order valence-electron chi connectivity index (χ0n) is 19.7. The Bertz CT molecular complexity index is 1360. The number of nitrogens with one attached hydrogen (secondary N) is 1. The van der Waals surface area contributed by atoms with Gasteiger partial charge in [-0.2, -0.15) is 13.2 Å². The van der Waals surface area contributed by atoms with Crippen molar-refractivity contribution >= 4 is 11.2 Å². The Balaban J connectivity index is 1.40. The van der Waals surface area contributed by atoms with Gasteiger partial charge in [0.1, 0.15) is 11.3 Å². The molecule has 2 bridgehead atoms. The summed E-state index contributed by atoms with van der Waals surface area (Å²) in [5, 5.41) is 0. The predicted octanol–water partition coefficient (Wildman–Crippen LogP) is 4.73. The molecule has 4 heterocycles. The van der Waals surface area contributed by atoms with Crippen LogP contribution in [0.3, 0.4) is 0 Å². The van der Waals surface area contributed by atoms with Crippen molar-refractivity contribution < 1.29 is 17.9 Å². The lowest BCUT2D eigenvalue weighted by Crippen LogP contribution is -2.70. The summed E-state index contributed by atoms with van der Waals surface area (Å²) in [4.78, 5) is 33.2. The van der Waals surface area contributed by atoms with E-state index in [-0.39, 0.29) is 42.9 Å². The van der Waals surface area contributed by atoms with Crippen molar-refractivity contribution in [3.8, 4) is 0 Å². The van der Waals surface area contributed by atoms with E-state index < -0.39 is 17.0 Å². The average Bonchev–Trinajstić information content (AvgIpc) is 2.72. The van der Waals surface area contributed by atoms with Crippen LogP contribution in [-0.4, -0.2) is 37.2 Å². The number of H-pyrrole nitrogens is 1. The van der Waals surface area contributed by atoms with Gasteiger partial charge in [-0.3, -0.25) is 4.79 Å². The number of ether oxygens (including phenoxy) is 1. The number of alkyl halides is 3. The maximum absolute atomic E-state index is 13.6. The van der Waals surface area contributed by atoms with Gasteiger partial charge in [0, 0.05) is 23.6 Å². The van der Waals surface area contributed by atoms with Gasteiger partial charge in [-0.25, -0.2) is 19.9 Å². The van der Waals surface area contributed by atoms with Crippen molar-refractivity contribution in [3.63, 3.8) is 0 Å². The molecule has 3 atom stereocenters. The number of aromatic amines is 1. The van der Waals surface area contributed by atoms with E-state index in [0.717, 1.165) is 17.0 Å². The van der Waals surface area contributed by atoms with Crippen LogP contribution in [0.1, 0.15) is 79.5 Å². The number of aromatic nitrogens is 5. The molecule has 7 rings (SSSR count). The van der Waals surface area contributed by atoms with Gasteiger partial charge in [-0.05, 0) is 64.5 Å². The number of hydrogen-bond donors (Lipinski definition) is 1. The fourth-order valence-corrected chi connectivity index (χ4v) is 6.22. The third-order valence-corrected chi connectivity index (χ3v) is 8.15. The van der Waals surface area contributed by atoms with Crippen molar-refractivity contribution in [2.75, 3.05) is 0 Å². The highest BCUT2D eigenvalue weighted by atomic mass is 19.4. The van der Waals surface area contributed by atoms with E-state index in [0.29, 0.717) is 35.5 Å². The van der Waals surface area contributed by atoms with Gasteiger partial charge in [-0.1, -0.05) is 0 Å². The summed E-state index contributed by atoms with van der Waals surface area (Å²) in [6.07, 6.45) is -1.44. The molecule has 1 N–H and O–H groups in total. The van der Waals surface area contributed by atoms with Crippen molar-refractivity contribution in [2.24, 2.45) is 5.41 Å². The molecule has 4 fully saturated rings. The van der Waals surface area contributed by atoms with E-state index >= 15 is 0 Å². The molecular formula is C25H26F3N5O2. The van der Waals surface area contributed by atoms with Crippen molar-refractivity contribution in [1.82, 2.24) is 24.9 Å². The Morgan fingerprint density at radius 2 is 1.74 bits per heavy atom. The van der Waals surface area contributed by atoms with E-state index in [1.807, 2.05) is 20.8 Å². The molecule has 1 aliphatic heterocycles. The highest BCUT2D eigenvalue weighted by Crippen LogP contribution is 2.78. The van der Waals surface area contributed by atoms with E-state index in [1.54, 1.807) is 12.3 Å². The quantitative estimate of drug-likeness (QED) is 0.576. The van der Waals surface area contributed by atoms with E-state index in [1.165, 1.54) is 6.07 Å². The maximum Gasteiger partial charge on any atom is 0.394 e. The zero-order chi connectivity index (χ0) is 24.8. The molecule has 10 heteroatoms. The number of pyridine rings is 1. The van der Waals surface area contributed by atoms with E-state index in [2.05, 4.69) is 15.0 Å². The van der Waals surface area contributed by atoms with Crippen LogP contribution in [0.25, 0.3) is 11.2 Å². The topological polar surface area (TPSA) is 93.7 Å². The minimum Gasteiger partial charge on any atom is -0.370 e. The number of fused-ring (bicyclic) bond motifs is 1. The molecule has 7 nitrogen and oxygen atoms in total. The largest absolute Gasteiger partial charge is 0.394 e. The third kappa shape index (κ3) is 3.40. The molecule has 3 aliphatic carbocycles. The molecular weight excluding hydrogens is 459 g/mol. The Hall–Kier alpha value is -2.88.